The van der Waals surface area contributed by atoms with Crippen LogP contribution in [0.1, 0.15) is 22.9 Å². The first-order chi connectivity index (χ1) is 10.2. The van der Waals surface area contributed by atoms with Crippen molar-refractivity contribution in [3.63, 3.8) is 0 Å². The van der Waals surface area contributed by atoms with Gasteiger partial charge in [0.25, 0.3) is 0 Å². The summed E-state index contributed by atoms with van der Waals surface area (Å²) < 4.78 is 1.79. The summed E-state index contributed by atoms with van der Waals surface area (Å²) in [5.41, 5.74) is 4.10. The van der Waals surface area contributed by atoms with E-state index in [9.17, 15) is 5.11 Å². The highest BCUT2D eigenvalue weighted by atomic mass is 16.3. The number of nitrogens with zero attached hydrogens (tertiary/aromatic N) is 2. The van der Waals surface area contributed by atoms with Crippen LogP contribution in [-0.2, 0) is 6.42 Å². The van der Waals surface area contributed by atoms with Gasteiger partial charge in [-0.1, -0.05) is 48.0 Å². The Morgan fingerprint density at radius 3 is 2.62 bits per heavy atom. The average Bonchev–Trinajstić information content (AvgIpc) is 2.98. The molecule has 1 atom stereocenters. The van der Waals surface area contributed by atoms with Crippen molar-refractivity contribution in [1.82, 2.24) is 9.78 Å². The molecule has 0 aliphatic carbocycles. The van der Waals surface area contributed by atoms with Gasteiger partial charge in [-0.3, -0.25) is 0 Å². The molecule has 0 spiro atoms. The Balaban J connectivity index is 1.86. The predicted octanol–water partition coefficient (Wildman–Crippen LogP) is 3.46. The molecule has 21 heavy (non-hydrogen) atoms. The molecule has 0 fully saturated rings. The molecule has 3 nitrogen and oxygen atoms in total. The summed E-state index contributed by atoms with van der Waals surface area (Å²) in [6.45, 7) is 2.06. The van der Waals surface area contributed by atoms with Crippen LogP contribution in [0.3, 0.4) is 0 Å². The van der Waals surface area contributed by atoms with Crippen molar-refractivity contribution in [2.75, 3.05) is 0 Å². The van der Waals surface area contributed by atoms with Crippen LogP contribution in [-0.4, -0.2) is 14.9 Å². The smallest absolute Gasteiger partial charge is 0.100 e. The van der Waals surface area contributed by atoms with Gasteiger partial charge in [0, 0.05) is 12.6 Å². The van der Waals surface area contributed by atoms with Crippen LogP contribution in [0.4, 0.5) is 0 Å². The minimum atomic E-state index is -0.575. The van der Waals surface area contributed by atoms with Gasteiger partial charge >= 0.3 is 0 Å². The zero-order valence-corrected chi connectivity index (χ0v) is 12.0. The number of aromatic nitrogens is 2. The van der Waals surface area contributed by atoms with Gasteiger partial charge in [-0.2, -0.15) is 5.10 Å². The van der Waals surface area contributed by atoms with Crippen LogP contribution in [0, 0.1) is 6.92 Å². The molecule has 106 valence electrons. The molecule has 0 amide bonds. The highest BCUT2D eigenvalue weighted by molar-refractivity contribution is 5.33. The van der Waals surface area contributed by atoms with Crippen molar-refractivity contribution in [1.29, 1.82) is 0 Å². The molecule has 2 aromatic carbocycles. The number of benzene rings is 2. The van der Waals surface area contributed by atoms with E-state index in [0.29, 0.717) is 6.42 Å². The SMILES string of the molecule is Cc1cccc(CC(O)c2ccnn2-c2ccccc2)c1. The third-order valence-electron chi connectivity index (χ3n) is 3.53. The van der Waals surface area contributed by atoms with Crippen LogP contribution in [0.2, 0.25) is 0 Å². The Morgan fingerprint density at radius 2 is 1.86 bits per heavy atom. The van der Waals surface area contributed by atoms with E-state index in [2.05, 4.69) is 24.2 Å². The Morgan fingerprint density at radius 1 is 1.05 bits per heavy atom. The molecule has 1 unspecified atom stereocenters. The van der Waals surface area contributed by atoms with Gasteiger partial charge in [-0.25, -0.2) is 4.68 Å². The predicted molar refractivity (Wildman–Crippen MR) is 83.4 cm³/mol. The second-order valence-corrected chi connectivity index (χ2v) is 5.21. The largest absolute Gasteiger partial charge is 0.386 e. The zero-order chi connectivity index (χ0) is 14.7. The lowest BCUT2D eigenvalue weighted by atomic mass is 10.0. The fourth-order valence-electron chi connectivity index (χ4n) is 2.52. The van der Waals surface area contributed by atoms with Crippen molar-refractivity contribution in [2.45, 2.75) is 19.4 Å². The van der Waals surface area contributed by atoms with Crippen LogP contribution >= 0.6 is 0 Å². The van der Waals surface area contributed by atoms with Gasteiger partial charge in [0.2, 0.25) is 0 Å². The van der Waals surface area contributed by atoms with Gasteiger partial charge in [-0.15, -0.1) is 0 Å². The normalized spacial score (nSPS) is 12.3. The van der Waals surface area contributed by atoms with E-state index in [1.165, 1.54) is 5.56 Å². The van der Waals surface area contributed by atoms with E-state index in [0.717, 1.165) is 16.9 Å². The summed E-state index contributed by atoms with van der Waals surface area (Å²) in [6.07, 6.45) is 1.73. The highest BCUT2D eigenvalue weighted by Crippen LogP contribution is 2.21. The Hall–Kier alpha value is -2.39. The topological polar surface area (TPSA) is 38.1 Å². The fraction of sp³-hybridized carbons (Fsp3) is 0.167. The third-order valence-corrected chi connectivity index (χ3v) is 3.53. The Labute approximate surface area is 124 Å². The fourth-order valence-corrected chi connectivity index (χ4v) is 2.52. The molecule has 0 radical (unpaired) electrons. The lowest BCUT2D eigenvalue weighted by molar-refractivity contribution is 0.170. The lowest BCUT2D eigenvalue weighted by Gasteiger charge is -2.14. The molecule has 0 bridgehead atoms. The zero-order valence-electron chi connectivity index (χ0n) is 12.0. The molecule has 3 rings (SSSR count). The van der Waals surface area contributed by atoms with Crippen molar-refractivity contribution in [2.24, 2.45) is 0 Å². The van der Waals surface area contributed by atoms with Gasteiger partial charge < -0.3 is 5.11 Å². The number of aliphatic hydroxyl groups excluding tert-OH is 1. The monoisotopic (exact) mass is 278 g/mol. The first-order valence-electron chi connectivity index (χ1n) is 7.07. The number of hydrogen-bond donors (Lipinski definition) is 1. The van der Waals surface area contributed by atoms with Crippen molar-refractivity contribution < 1.29 is 5.11 Å². The summed E-state index contributed by atoms with van der Waals surface area (Å²) in [4.78, 5) is 0. The van der Waals surface area contributed by atoms with E-state index >= 15 is 0 Å². The Kier molecular flexibility index (Phi) is 3.84. The third kappa shape index (κ3) is 3.03. The maximum atomic E-state index is 10.5. The average molecular weight is 278 g/mol. The van der Waals surface area contributed by atoms with E-state index < -0.39 is 6.10 Å². The van der Waals surface area contributed by atoms with E-state index in [-0.39, 0.29) is 0 Å². The van der Waals surface area contributed by atoms with Crippen LogP contribution in [0.25, 0.3) is 5.69 Å². The standard InChI is InChI=1S/C18H18N2O/c1-14-6-5-7-15(12-14)13-18(21)17-10-11-19-20(17)16-8-3-2-4-9-16/h2-12,18,21H,13H2,1H3. The first kappa shape index (κ1) is 13.6. The van der Waals surface area contributed by atoms with Crippen LogP contribution < -0.4 is 0 Å². The summed E-state index contributed by atoms with van der Waals surface area (Å²) in [5, 5.41) is 14.9. The summed E-state index contributed by atoms with van der Waals surface area (Å²) in [7, 11) is 0. The highest BCUT2D eigenvalue weighted by Gasteiger charge is 2.14. The summed E-state index contributed by atoms with van der Waals surface area (Å²) >= 11 is 0. The number of aryl methyl sites for hydroxylation is 1. The maximum absolute atomic E-state index is 10.5. The number of hydrogen-bond acceptors (Lipinski definition) is 2. The van der Waals surface area contributed by atoms with Crippen molar-refractivity contribution >= 4 is 0 Å². The molecule has 0 aliphatic rings. The Bertz CT molecular complexity index is 719. The molecule has 3 aromatic rings. The second-order valence-electron chi connectivity index (χ2n) is 5.21. The molecule has 0 saturated carbocycles. The van der Waals surface area contributed by atoms with Gasteiger partial charge in [-0.05, 0) is 30.7 Å². The van der Waals surface area contributed by atoms with Gasteiger partial charge in [0.15, 0.2) is 0 Å². The summed E-state index contributed by atoms with van der Waals surface area (Å²) in [5.74, 6) is 0. The van der Waals surface area contributed by atoms with Gasteiger partial charge in [0.05, 0.1) is 11.4 Å². The molecule has 0 aliphatic heterocycles. The molecule has 1 heterocycles. The number of para-hydroxylation sites is 1. The first-order valence-corrected chi connectivity index (χ1v) is 7.07. The number of aliphatic hydroxyl groups is 1. The molecule has 0 saturated heterocycles. The summed E-state index contributed by atoms with van der Waals surface area (Å²) in [6, 6.07) is 20.0. The van der Waals surface area contributed by atoms with Gasteiger partial charge in [0.1, 0.15) is 6.10 Å². The molecule has 1 N–H and O–H groups in total. The van der Waals surface area contributed by atoms with E-state index in [4.69, 9.17) is 0 Å². The molecule has 1 aromatic heterocycles. The molecular weight excluding hydrogens is 260 g/mol. The number of rotatable bonds is 4. The molecular formula is C18H18N2O. The lowest BCUT2D eigenvalue weighted by Crippen LogP contribution is -2.09. The second kappa shape index (κ2) is 5.94. The van der Waals surface area contributed by atoms with E-state index in [1.54, 1.807) is 10.9 Å². The van der Waals surface area contributed by atoms with Crippen LogP contribution in [0.5, 0.6) is 0 Å². The minimum absolute atomic E-state index is 0.575. The van der Waals surface area contributed by atoms with E-state index in [1.807, 2.05) is 48.5 Å². The van der Waals surface area contributed by atoms with Crippen molar-refractivity contribution in [3.05, 3.63) is 83.7 Å². The van der Waals surface area contributed by atoms with Crippen molar-refractivity contribution in [3.8, 4) is 5.69 Å². The molecule has 3 heteroatoms. The minimum Gasteiger partial charge on any atom is -0.386 e. The maximum Gasteiger partial charge on any atom is 0.100 e. The van der Waals surface area contributed by atoms with Crippen LogP contribution in [0.15, 0.2) is 66.9 Å². The quantitative estimate of drug-likeness (QED) is 0.793.